The summed E-state index contributed by atoms with van der Waals surface area (Å²) in [6.07, 6.45) is 5.65. The van der Waals surface area contributed by atoms with Crippen molar-refractivity contribution in [3.8, 4) is 0 Å². The predicted octanol–water partition coefficient (Wildman–Crippen LogP) is 6.94. The quantitative estimate of drug-likeness (QED) is 0.348. The Bertz CT molecular complexity index is 1010. The van der Waals surface area contributed by atoms with Crippen LogP contribution in [-0.4, -0.2) is 29.6 Å². The van der Waals surface area contributed by atoms with E-state index in [9.17, 15) is 4.79 Å². The summed E-state index contributed by atoms with van der Waals surface area (Å²) in [5, 5.41) is 0. The summed E-state index contributed by atoms with van der Waals surface area (Å²) in [6, 6.07) is 24.5. The second-order valence-corrected chi connectivity index (χ2v) is 10.2. The molecule has 4 heteroatoms. The minimum atomic E-state index is -0.0984. The minimum absolute atomic E-state index is 0.0395. The first-order valence-corrected chi connectivity index (χ1v) is 12.5. The van der Waals surface area contributed by atoms with Crippen LogP contribution in [0.25, 0.3) is 0 Å². The topological polar surface area (TPSA) is 42.7 Å². The Kier molecular flexibility index (Phi) is 7.89. The number of amides is 1. The molecule has 2 aromatic carbocycles. The molecule has 4 rings (SSSR count). The van der Waals surface area contributed by atoms with Crippen molar-refractivity contribution >= 4 is 5.91 Å². The van der Waals surface area contributed by atoms with Crippen LogP contribution in [0.4, 0.5) is 0 Å². The normalized spacial score (nSPS) is 19.3. The Morgan fingerprint density at radius 3 is 2.38 bits per heavy atom. The molecule has 0 N–H and O–H groups in total. The SMILES string of the molecule is C[C@H](c1ccccc1)N(CC[C@@H](Cc1ccccc1)[C@@H]1CCOC(C)(C)C1)C(=O)c1ccco1. The first-order chi connectivity index (χ1) is 16.4. The van der Waals surface area contributed by atoms with E-state index in [0.717, 1.165) is 37.9 Å². The molecule has 1 aliphatic rings. The smallest absolute Gasteiger partial charge is 0.290 e. The van der Waals surface area contributed by atoms with E-state index in [-0.39, 0.29) is 17.6 Å². The summed E-state index contributed by atoms with van der Waals surface area (Å²) in [4.78, 5) is 15.5. The number of hydrogen-bond acceptors (Lipinski definition) is 3. The standard InChI is InChI=1S/C30H37NO3/c1-23(25-13-8-5-9-14-25)31(29(32)28-15-10-19-33-28)18-16-26(21-24-11-6-4-7-12-24)27-17-20-34-30(2,3)22-27/h4-15,19,23,26-27H,16-18,20-22H2,1-3H3/t23-,26+,27-/m1/s1. The fraction of sp³-hybridized carbons (Fsp3) is 0.433. The molecule has 0 unspecified atom stereocenters. The molecule has 0 spiro atoms. The summed E-state index contributed by atoms with van der Waals surface area (Å²) in [5.74, 6) is 1.39. The van der Waals surface area contributed by atoms with Gasteiger partial charge in [0.2, 0.25) is 0 Å². The van der Waals surface area contributed by atoms with Crippen molar-refractivity contribution in [2.75, 3.05) is 13.2 Å². The van der Waals surface area contributed by atoms with Crippen LogP contribution >= 0.6 is 0 Å². The van der Waals surface area contributed by atoms with Gasteiger partial charge in [-0.1, -0.05) is 60.7 Å². The molecule has 2 heterocycles. The fourth-order valence-electron chi connectivity index (χ4n) is 5.33. The van der Waals surface area contributed by atoms with Gasteiger partial charge in [-0.15, -0.1) is 0 Å². The molecular weight excluding hydrogens is 422 g/mol. The molecule has 1 saturated heterocycles. The Morgan fingerprint density at radius 1 is 1.03 bits per heavy atom. The third-order valence-electron chi connectivity index (χ3n) is 7.23. The fourth-order valence-corrected chi connectivity index (χ4v) is 5.33. The van der Waals surface area contributed by atoms with Crippen LogP contribution in [0.5, 0.6) is 0 Å². The molecule has 0 aliphatic carbocycles. The maximum atomic E-state index is 13.5. The first-order valence-electron chi connectivity index (χ1n) is 12.5. The average molecular weight is 460 g/mol. The van der Waals surface area contributed by atoms with Crippen molar-refractivity contribution < 1.29 is 13.9 Å². The van der Waals surface area contributed by atoms with E-state index in [0.29, 0.717) is 24.1 Å². The molecule has 3 aromatic rings. The van der Waals surface area contributed by atoms with E-state index in [4.69, 9.17) is 9.15 Å². The Balaban J connectivity index is 1.56. The second kappa shape index (κ2) is 11.1. The highest BCUT2D eigenvalue weighted by molar-refractivity contribution is 5.91. The molecule has 1 amide bonds. The van der Waals surface area contributed by atoms with E-state index in [2.05, 4.69) is 63.2 Å². The zero-order valence-electron chi connectivity index (χ0n) is 20.7. The van der Waals surface area contributed by atoms with Gasteiger partial charge < -0.3 is 14.1 Å². The number of nitrogens with zero attached hydrogens (tertiary/aromatic N) is 1. The third kappa shape index (κ3) is 6.18. The number of furan rings is 1. The highest BCUT2D eigenvalue weighted by Crippen LogP contribution is 2.37. The molecule has 3 atom stereocenters. The first kappa shape index (κ1) is 24.3. The van der Waals surface area contributed by atoms with Gasteiger partial charge in [-0.3, -0.25) is 4.79 Å². The molecule has 180 valence electrons. The number of rotatable bonds is 9. The highest BCUT2D eigenvalue weighted by Gasteiger charge is 2.34. The van der Waals surface area contributed by atoms with Gasteiger partial charge in [-0.05, 0) is 81.5 Å². The van der Waals surface area contributed by atoms with E-state index < -0.39 is 0 Å². The second-order valence-electron chi connectivity index (χ2n) is 10.2. The van der Waals surface area contributed by atoms with Crippen LogP contribution in [0.3, 0.4) is 0 Å². The van der Waals surface area contributed by atoms with Crippen molar-refractivity contribution in [1.82, 2.24) is 4.90 Å². The van der Waals surface area contributed by atoms with Crippen molar-refractivity contribution in [2.45, 2.75) is 58.1 Å². The Morgan fingerprint density at radius 2 is 1.74 bits per heavy atom. The van der Waals surface area contributed by atoms with E-state index >= 15 is 0 Å². The molecular formula is C30H37NO3. The molecule has 0 radical (unpaired) electrons. The number of carbonyl (C=O) groups is 1. The monoisotopic (exact) mass is 459 g/mol. The lowest BCUT2D eigenvalue weighted by molar-refractivity contribution is -0.0835. The maximum Gasteiger partial charge on any atom is 0.290 e. The lowest BCUT2D eigenvalue weighted by Crippen LogP contribution is -2.39. The number of ether oxygens (including phenoxy) is 1. The van der Waals surface area contributed by atoms with Gasteiger partial charge in [-0.25, -0.2) is 0 Å². The lowest BCUT2D eigenvalue weighted by Gasteiger charge is -2.40. The molecule has 1 fully saturated rings. The zero-order chi connectivity index (χ0) is 24.0. The molecule has 34 heavy (non-hydrogen) atoms. The summed E-state index contributed by atoms with van der Waals surface area (Å²) in [6.45, 7) is 8.00. The van der Waals surface area contributed by atoms with E-state index in [1.807, 2.05) is 23.1 Å². The van der Waals surface area contributed by atoms with Gasteiger partial charge in [0.1, 0.15) is 0 Å². The van der Waals surface area contributed by atoms with Crippen LogP contribution in [-0.2, 0) is 11.2 Å². The van der Waals surface area contributed by atoms with Crippen LogP contribution in [0, 0.1) is 11.8 Å². The largest absolute Gasteiger partial charge is 0.459 e. The highest BCUT2D eigenvalue weighted by atomic mass is 16.5. The van der Waals surface area contributed by atoms with Gasteiger partial charge >= 0.3 is 0 Å². The van der Waals surface area contributed by atoms with Crippen molar-refractivity contribution in [3.05, 3.63) is 95.9 Å². The predicted molar refractivity (Wildman–Crippen MR) is 136 cm³/mol. The lowest BCUT2D eigenvalue weighted by atomic mass is 9.75. The summed E-state index contributed by atoms with van der Waals surface area (Å²) >= 11 is 0. The van der Waals surface area contributed by atoms with Gasteiger partial charge in [0.05, 0.1) is 17.9 Å². The molecule has 4 nitrogen and oxygen atoms in total. The molecule has 1 aliphatic heterocycles. The van der Waals surface area contributed by atoms with Crippen LogP contribution < -0.4 is 0 Å². The molecule has 0 saturated carbocycles. The van der Waals surface area contributed by atoms with Crippen LogP contribution in [0.15, 0.2) is 83.5 Å². The van der Waals surface area contributed by atoms with Gasteiger partial charge in [0.15, 0.2) is 5.76 Å². The van der Waals surface area contributed by atoms with Gasteiger partial charge in [0.25, 0.3) is 5.91 Å². The summed E-state index contributed by atoms with van der Waals surface area (Å²) in [5.41, 5.74) is 2.39. The Labute approximate surface area is 203 Å². The number of benzene rings is 2. The van der Waals surface area contributed by atoms with Crippen LogP contribution in [0.1, 0.15) is 67.8 Å². The minimum Gasteiger partial charge on any atom is -0.459 e. The Hall–Kier alpha value is -2.85. The molecule has 1 aromatic heterocycles. The summed E-state index contributed by atoms with van der Waals surface area (Å²) < 4.78 is 11.5. The average Bonchev–Trinajstić information content (AvgIpc) is 3.39. The zero-order valence-corrected chi connectivity index (χ0v) is 20.7. The number of carbonyl (C=O) groups excluding carboxylic acids is 1. The molecule has 0 bridgehead atoms. The number of hydrogen-bond donors (Lipinski definition) is 0. The van der Waals surface area contributed by atoms with Gasteiger partial charge in [-0.2, -0.15) is 0 Å². The summed E-state index contributed by atoms with van der Waals surface area (Å²) in [7, 11) is 0. The van der Waals surface area contributed by atoms with Crippen molar-refractivity contribution in [3.63, 3.8) is 0 Å². The maximum absolute atomic E-state index is 13.5. The van der Waals surface area contributed by atoms with E-state index in [1.165, 1.54) is 5.56 Å². The van der Waals surface area contributed by atoms with Crippen molar-refractivity contribution in [2.24, 2.45) is 11.8 Å². The van der Waals surface area contributed by atoms with Gasteiger partial charge in [0, 0.05) is 13.2 Å². The third-order valence-corrected chi connectivity index (χ3v) is 7.23. The van der Waals surface area contributed by atoms with Crippen LogP contribution in [0.2, 0.25) is 0 Å². The van der Waals surface area contributed by atoms with E-state index in [1.54, 1.807) is 18.4 Å². The van der Waals surface area contributed by atoms with Crippen molar-refractivity contribution in [1.29, 1.82) is 0 Å².